The normalized spacial score (nSPS) is 26.7. The van der Waals surface area contributed by atoms with Crippen LogP contribution in [0.4, 0.5) is 0 Å². The topological polar surface area (TPSA) is 307 Å². The number of allylic oxidation sites excluding steroid dienone is 7. The van der Waals surface area contributed by atoms with E-state index in [2.05, 4.69) is 55.6 Å². The van der Waals surface area contributed by atoms with Crippen LogP contribution in [0.15, 0.2) is 48.6 Å². The van der Waals surface area contributed by atoms with Crippen LogP contribution in [0.3, 0.4) is 0 Å². The van der Waals surface area contributed by atoms with E-state index >= 15 is 0 Å². The molecular weight excluding hydrogens is 1270 g/mol. The summed E-state index contributed by atoms with van der Waals surface area (Å²) in [5.41, 5.74) is 0. The number of unbranched alkanes of at least 4 members (excludes halogenated alkanes) is 43. The van der Waals surface area contributed by atoms with Gasteiger partial charge >= 0.3 is 0 Å². The summed E-state index contributed by atoms with van der Waals surface area (Å²) in [6, 6.07) is -0.979. The summed E-state index contributed by atoms with van der Waals surface area (Å²) in [7, 11) is 0. The molecule has 0 aromatic carbocycles. The van der Waals surface area contributed by atoms with Gasteiger partial charge in [-0.25, -0.2) is 0 Å². The highest BCUT2D eigenvalue weighted by atomic mass is 16.8. The quantitative estimate of drug-likeness (QED) is 0.0199. The third-order valence-electron chi connectivity index (χ3n) is 20.4. The highest BCUT2D eigenvalue weighted by molar-refractivity contribution is 5.76. The minimum absolute atomic E-state index is 0.238. The fourth-order valence-corrected chi connectivity index (χ4v) is 13.8. The maximum absolute atomic E-state index is 13.5. The zero-order chi connectivity index (χ0) is 72.5. The Kier molecular flexibility index (Phi) is 56.9. The van der Waals surface area contributed by atoms with Crippen molar-refractivity contribution in [3.05, 3.63) is 48.6 Å². The van der Waals surface area contributed by atoms with Crippen LogP contribution in [0.5, 0.6) is 0 Å². The SMILES string of the molecule is CCCCCCC/C=C\C/C=C\C/C=C\CCCCCCCCCCCCC(=O)NC(COC1OC(CO)C(OC2OC(CO)C(OC3OC(CO)C(O)C(O)C3O)C(O)C2O)C(O)C1O)C(O)/C=C/CCCCCCCCCCCCCCCCCCCCCCCCCCCCCC. The van der Waals surface area contributed by atoms with Crippen LogP contribution in [0.2, 0.25) is 0 Å². The molecule has 3 heterocycles. The van der Waals surface area contributed by atoms with E-state index < -0.39 is 124 Å². The Morgan fingerprint density at radius 1 is 0.360 bits per heavy atom. The Balaban J connectivity index is 1.38. The van der Waals surface area contributed by atoms with Crippen molar-refractivity contribution in [1.82, 2.24) is 5.32 Å². The van der Waals surface area contributed by atoms with E-state index in [1.54, 1.807) is 6.08 Å². The largest absolute Gasteiger partial charge is 0.394 e. The summed E-state index contributed by atoms with van der Waals surface area (Å²) in [6.45, 7) is 1.77. The van der Waals surface area contributed by atoms with Crippen molar-refractivity contribution in [3.63, 3.8) is 0 Å². The third-order valence-corrected chi connectivity index (χ3v) is 20.4. The highest BCUT2D eigenvalue weighted by Gasteiger charge is 2.54. The molecule has 3 saturated heterocycles. The number of rotatable bonds is 65. The zero-order valence-corrected chi connectivity index (χ0v) is 62.7. The minimum atomic E-state index is -1.98. The standard InChI is InChI=1S/C81H149NO18/c1-3-5-7-9-11-13-15-17-19-21-23-25-27-29-30-31-32-33-35-36-38-40-42-44-46-48-50-52-54-56-58-65(86)64(82-69(87)59-57-55-53-51-49-47-45-43-41-39-37-34-28-26-24-22-20-18-16-14-12-10-8-6-4-2)63-95-79-75(93)72(90)77(67(61-84)97-79)100-81-76(94)73(91)78(68(62-85)98-81)99-80-74(92)71(89)70(88)66(60-83)96-80/h16,18,22,24,28,34,56,58,64-68,70-81,83-86,88-94H,3-15,17,19-21,23,25-27,29-33,35-55,57,59-63H2,1-2H3,(H,82,87)/b18-16-,24-22-,34-28-,58-56+. The molecule has 0 spiro atoms. The van der Waals surface area contributed by atoms with Crippen molar-refractivity contribution < 1.29 is 89.4 Å². The molecule has 17 unspecified atom stereocenters. The number of carbonyl (C=O) groups excluding carboxylic acids is 1. The molecule has 3 aliphatic rings. The van der Waals surface area contributed by atoms with Gasteiger partial charge in [0, 0.05) is 6.42 Å². The van der Waals surface area contributed by atoms with Gasteiger partial charge in [-0.2, -0.15) is 0 Å². The molecule has 0 aliphatic carbocycles. The number of aliphatic hydroxyl groups is 11. The van der Waals surface area contributed by atoms with Gasteiger partial charge in [0.2, 0.25) is 5.91 Å². The predicted molar refractivity (Wildman–Crippen MR) is 397 cm³/mol. The predicted octanol–water partition coefficient (Wildman–Crippen LogP) is 13.7. The highest BCUT2D eigenvalue weighted by Crippen LogP contribution is 2.33. The number of hydrogen-bond donors (Lipinski definition) is 12. The molecule has 17 atom stereocenters. The summed E-state index contributed by atoms with van der Waals surface area (Å²) in [5.74, 6) is -0.276. The van der Waals surface area contributed by atoms with Crippen molar-refractivity contribution in [2.75, 3.05) is 26.4 Å². The zero-order valence-electron chi connectivity index (χ0n) is 62.7. The van der Waals surface area contributed by atoms with Crippen molar-refractivity contribution in [3.8, 4) is 0 Å². The van der Waals surface area contributed by atoms with Gasteiger partial charge in [0.05, 0.1) is 38.6 Å². The van der Waals surface area contributed by atoms with Gasteiger partial charge in [0.25, 0.3) is 0 Å². The average molecular weight is 1430 g/mol. The number of amides is 1. The van der Waals surface area contributed by atoms with Crippen molar-refractivity contribution in [1.29, 1.82) is 0 Å². The minimum Gasteiger partial charge on any atom is -0.394 e. The van der Waals surface area contributed by atoms with Crippen LogP contribution in [0, 0.1) is 0 Å². The first-order valence-corrected chi connectivity index (χ1v) is 40.9. The van der Waals surface area contributed by atoms with E-state index in [1.165, 1.54) is 231 Å². The summed E-state index contributed by atoms with van der Waals surface area (Å²) >= 11 is 0. The van der Waals surface area contributed by atoms with Crippen LogP contribution in [-0.2, 0) is 33.2 Å². The lowest BCUT2D eigenvalue weighted by molar-refractivity contribution is -0.379. The van der Waals surface area contributed by atoms with Crippen molar-refractivity contribution in [2.45, 2.75) is 433 Å². The van der Waals surface area contributed by atoms with Crippen LogP contribution in [0.25, 0.3) is 0 Å². The molecule has 3 rings (SSSR count). The molecule has 3 fully saturated rings. The first-order valence-electron chi connectivity index (χ1n) is 40.9. The molecule has 12 N–H and O–H groups in total. The van der Waals surface area contributed by atoms with Gasteiger partial charge in [-0.15, -0.1) is 0 Å². The first-order chi connectivity index (χ1) is 48.8. The molecule has 0 saturated carbocycles. The molecule has 0 bridgehead atoms. The lowest BCUT2D eigenvalue weighted by atomic mass is 9.96. The van der Waals surface area contributed by atoms with Gasteiger partial charge in [-0.1, -0.05) is 313 Å². The molecule has 586 valence electrons. The van der Waals surface area contributed by atoms with E-state index in [4.69, 9.17) is 28.4 Å². The van der Waals surface area contributed by atoms with Crippen LogP contribution < -0.4 is 5.32 Å². The summed E-state index contributed by atoms with van der Waals surface area (Å²) in [6.07, 6.45) is 50.9. The van der Waals surface area contributed by atoms with E-state index in [0.717, 1.165) is 70.6 Å². The van der Waals surface area contributed by atoms with Crippen LogP contribution >= 0.6 is 0 Å². The van der Waals surface area contributed by atoms with E-state index in [9.17, 15) is 61.0 Å². The first kappa shape index (κ1) is 92.0. The molecule has 3 aliphatic heterocycles. The smallest absolute Gasteiger partial charge is 0.220 e. The lowest BCUT2D eigenvalue weighted by Gasteiger charge is -2.48. The Hall–Kier alpha value is -2.25. The molecule has 1 amide bonds. The Labute approximate surface area is 605 Å². The number of aliphatic hydroxyl groups excluding tert-OH is 11. The van der Waals surface area contributed by atoms with E-state index in [1.807, 2.05) is 6.08 Å². The van der Waals surface area contributed by atoms with Gasteiger partial charge < -0.3 is 89.9 Å². The third kappa shape index (κ3) is 41.6. The maximum atomic E-state index is 13.5. The molecule has 0 aromatic rings. The monoisotopic (exact) mass is 1420 g/mol. The second-order valence-electron chi connectivity index (χ2n) is 29.2. The van der Waals surface area contributed by atoms with Crippen molar-refractivity contribution in [2.24, 2.45) is 0 Å². The van der Waals surface area contributed by atoms with Crippen molar-refractivity contribution >= 4 is 5.91 Å². The van der Waals surface area contributed by atoms with Crippen LogP contribution in [-0.4, -0.2) is 193 Å². The molecule has 0 aromatic heterocycles. The Bertz CT molecular complexity index is 1990. The molecule has 19 heteroatoms. The maximum Gasteiger partial charge on any atom is 0.220 e. The summed E-state index contributed by atoms with van der Waals surface area (Å²) in [4.78, 5) is 13.5. The van der Waals surface area contributed by atoms with Gasteiger partial charge in [0.15, 0.2) is 18.9 Å². The van der Waals surface area contributed by atoms with Crippen LogP contribution in [0.1, 0.15) is 328 Å². The summed E-state index contributed by atoms with van der Waals surface area (Å²) in [5, 5.41) is 121. The van der Waals surface area contributed by atoms with E-state index in [-0.39, 0.29) is 18.9 Å². The molecule has 19 nitrogen and oxygen atoms in total. The second kappa shape index (κ2) is 61.9. The lowest BCUT2D eigenvalue weighted by Crippen LogP contribution is -2.66. The fraction of sp³-hybridized carbons (Fsp3) is 0.889. The molecular formula is C81H149NO18. The fourth-order valence-electron chi connectivity index (χ4n) is 13.8. The van der Waals surface area contributed by atoms with E-state index in [0.29, 0.717) is 6.42 Å². The summed E-state index contributed by atoms with van der Waals surface area (Å²) < 4.78 is 34.5. The number of hydrogen-bond acceptors (Lipinski definition) is 18. The molecule has 100 heavy (non-hydrogen) atoms. The number of carbonyl (C=O) groups is 1. The Morgan fingerprint density at radius 2 is 0.660 bits per heavy atom. The van der Waals surface area contributed by atoms with Gasteiger partial charge in [0.1, 0.15) is 73.2 Å². The number of nitrogens with one attached hydrogen (secondary N) is 1. The molecule has 0 radical (unpaired) electrons. The van der Waals surface area contributed by atoms with Gasteiger partial charge in [-0.3, -0.25) is 4.79 Å². The second-order valence-corrected chi connectivity index (χ2v) is 29.2. The average Bonchev–Trinajstić information content (AvgIpc) is 0.783. The number of ether oxygens (including phenoxy) is 6. The Morgan fingerprint density at radius 3 is 1.03 bits per heavy atom. The van der Waals surface area contributed by atoms with Gasteiger partial charge in [-0.05, 0) is 57.8 Å².